The van der Waals surface area contributed by atoms with E-state index in [2.05, 4.69) is 0 Å². The fraction of sp³-hybridized carbons (Fsp3) is 0.371. The van der Waals surface area contributed by atoms with E-state index >= 15 is 0 Å². The maximum Gasteiger partial charge on any atom is 0.308 e. The highest BCUT2D eigenvalue weighted by molar-refractivity contribution is 5.93. The Morgan fingerprint density at radius 2 is 1.18 bits per heavy atom. The molecule has 3 aromatic rings. The van der Waals surface area contributed by atoms with E-state index < -0.39 is 147 Å². The molecule has 1 fully saturated rings. The molecular formula is C35H34O20. The third-order valence-electron chi connectivity index (χ3n) is 7.47. The van der Waals surface area contributed by atoms with Crippen molar-refractivity contribution in [3.05, 3.63) is 34.0 Å². The molecule has 0 saturated carbocycles. The van der Waals surface area contributed by atoms with Gasteiger partial charge in [-0.25, -0.2) is 0 Å². The van der Waals surface area contributed by atoms with Gasteiger partial charge in [-0.3, -0.25) is 38.4 Å². The first-order chi connectivity index (χ1) is 25.7. The van der Waals surface area contributed by atoms with Crippen LogP contribution in [0.25, 0.3) is 22.3 Å². The van der Waals surface area contributed by atoms with Crippen LogP contribution < -0.4 is 19.6 Å². The minimum Gasteiger partial charge on any atom is -0.507 e. The van der Waals surface area contributed by atoms with Gasteiger partial charge in [-0.2, -0.15) is 0 Å². The number of aromatic hydroxyl groups is 3. The number of esters is 7. The van der Waals surface area contributed by atoms with Crippen molar-refractivity contribution >= 4 is 52.8 Å². The number of ether oxygens (including phenoxy) is 8. The molecule has 20 nitrogen and oxygen atoms in total. The lowest BCUT2D eigenvalue weighted by Crippen LogP contribution is -2.59. The van der Waals surface area contributed by atoms with E-state index in [0.29, 0.717) is 0 Å². The van der Waals surface area contributed by atoms with Crippen molar-refractivity contribution < 1.29 is 91.2 Å². The normalized spacial score (nSPS) is 19.1. The zero-order chi connectivity index (χ0) is 41.0. The Balaban J connectivity index is 2.15. The standard InChI is InChI=1S/C35H34O20/c1-12(36)47-11-25-31(50-15(4)39)34(52-17(6)41)35(53-18(7)42)33(55-25)27-24(49-14(3)38)10-23-26(32(27)51-16(5)40)28(45)29(46)30(54-23)19-8-22(48-13(2)37)21(44)9-20(19)43/h8-10,25,31,33-35,43-44,46H,11H2,1-7H3/t25-,31-,33+,34+,35+/m1/s1. The number of phenolic OH excluding ortho intramolecular Hbond substituents is 2. The predicted octanol–water partition coefficient (Wildman–Crippen LogP) is 2.15. The van der Waals surface area contributed by atoms with E-state index in [4.69, 9.17) is 42.3 Å². The third-order valence-corrected chi connectivity index (χ3v) is 7.47. The Bertz CT molecular complexity index is 2150. The molecule has 1 saturated heterocycles. The van der Waals surface area contributed by atoms with Gasteiger partial charge in [0.15, 0.2) is 41.3 Å². The third kappa shape index (κ3) is 9.27. The van der Waals surface area contributed by atoms with Gasteiger partial charge >= 0.3 is 41.8 Å². The largest absolute Gasteiger partial charge is 0.507 e. The van der Waals surface area contributed by atoms with Gasteiger partial charge in [-0.1, -0.05) is 0 Å². The molecule has 2 heterocycles. The van der Waals surface area contributed by atoms with Gasteiger partial charge in [0, 0.05) is 60.6 Å². The highest BCUT2D eigenvalue weighted by Gasteiger charge is 2.54. The van der Waals surface area contributed by atoms with Crippen molar-refractivity contribution in [2.75, 3.05) is 6.61 Å². The summed E-state index contributed by atoms with van der Waals surface area (Å²) in [6.07, 6.45) is -8.73. The number of rotatable bonds is 10. The molecule has 4 rings (SSSR count). The zero-order valence-electron chi connectivity index (χ0n) is 30.1. The highest BCUT2D eigenvalue weighted by Crippen LogP contribution is 2.49. The molecule has 5 atom stereocenters. The van der Waals surface area contributed by atoms with Gasteiger partial charge in [0.05, 0.1) is 11.1 Å². The van der Waals surface area contributed by atoms with Crippen molar-refractivity contribution in [1.82, 2.24) is 0 Å². The molecule has 20 heteroatoms. The second kappa shape index (κ2) is 16.5. The molecule has 294 valence electrons. The molecule has 1 aliphatic heterocycles. The van der Waals surface area contributed by atoms with Gasteiger partial charge in [-0.05, 0) is 6.07 Å². The molecule has 0 spiro atoms. The van der Waals surface area contributed by atoms with E-state index in [1.807, 2.05) is 0 Å². The van der Waals surface area contributed by atoms with E-state index in [1.54, 1.807) is 0 Å². The highest BCUT2D eigenvalue weighted by atomic mass is 16.7. The molecule has 1 aliphatic rings. The summed E-state index contributed by atoms with van der Waals surface area (Å²) in [5, 5.41) is 31.3. The van der Waals surface area contributed by atoms with E-state index in [1.165, 1.54) is 0 Å². The van der Waals surface area contributed by atoms with Crippen molar-refractivity contribution in [3.63, 3.8) is 0 Å². The summed E-state index contributed by atoms with van der Waals surface area (Å²) in [7, 11) is 0. The minimum atomic E-state index is -1.90. The number of carbonyl (C=O) groups excluding carboxylic acids is 7. The summed E-state index contributed by atoms with van der Waals surface area (Å²) in [6.45, 7) is 6.14. The Morgan fingerprint density at radius 1 is 0.636 bits per heavy atom. The fourth-order valence-electron chi connectivity index (χ4n) is 5.68. The number of carbonyl (C=O) groups is 7. The van der Waals surface area contributed by atoms with Crippen LogP contribution in [-0.2, 0) is 57.2 Å². The summed E-state index contributed by atoms with van der Waals surface area (Å²) in [5.41, 5.74) is -2.98. The average molecular weight is 775 g/mol. The van der Waals surface area contributed by atoms with Gasteiger partial charge < -0.3 is 57.6 Å². The first-order valence-corrected chi connectivity index (χ1v) is 16.0. The molecule has 0 radical (unpaired) electrons. The maximum atomic E-state index is 14.1. The molecule has 1 aromatic heterocycles. The maximum absolute atomic E-state index is 14.1. The van der Waals surface area contributed by atoms with Crippen LogP contribution in [0.2, 0.25) is 0 Å². The Hall–Kier alpha value is -6.70. The van der Waals surface area contributed by atoms with Crippen LogP contribution in [0.5, 0.6) is 34.5 Å². The zero-order valence-corrected chi connectivity index (χ0v) is 30.1. The molecule has 0 aliphatic carbocycles. The number of fused-ring (bicyclic) bond motifs is 1. The molecule has 2 aromatic carbocycles. The lowest BCUT2D eigenvalue weighted by Gasteiger charge is -2.45. The molecule has 55 heavy (non-hydrogen) atoms. The van der Waals surface area contributed by atoms with E-state index in [-0.39, 0.29) is 0 Å². The first-order valence-electron chi connectivity index (χ1n) is 16.0. The van der Waals surface area contributed by atoms with Gasteiger partial charge in [0.25, 0.3) is 0 Å². The first kappa shape index (κ1) is 41.1. The van der Waals surface area contributed by atoms with Crippen LogP contribution in [-0.4, -0.2) is 88.1 Å². The molecule has 0 bridgehead atoms. The molecule has 3 N–H and O–H groups in total. The average Bonchev–Trinajstić information content (AvgIpc) is 3.04. The van der Waals surface area contributed by atoms with Crippen LogP contribution in [0.1, 0.15) is 60.1 Å². The second-order valence-corrected chi connectivity index (χ2v) is 11.8. The van der Waals surface area contributed by atoms with Crippen LogP contribution in [0.3, 0.4) is 0 Å². The summed E-state index contributed by atoms with van der Waals surface area (Å²) >= 11 is 0. The molecular weight excluding hydrogens is 740 g/mol. The summed E-state index contributed by atoms with van der Waals surface area (Å²) in [6, 6.07) is 2.49. The lowest BCUT2D eigenvalue weighted by atomic mass is 9.88. The van der Waals surface area contributed by atoms with Crippen LogP contribution in [0.15, 0.2) is 27.4 Å². The minimum absolute atomic E-state index is 0.489. The quantitative estimate of drug-likeness (QED) is 0.151. The number of phenols is 2. The van der Waals surface area contributed by atoms with Gasteiger partial charge in [0.1, 0.15) is 41.3 Å². The van der Waals surface area contributed by atoms with Crippen molar-refractivity contribution in [2.45, 2.75) is 79.0 Å². The Labute approximate surface area is 309 Å². The number of hydrogen-bond donors (Lipinski definition) is 3. The topological polar surface area (TPSA) is 284 Å². The molecule has 0 unspecified atom stereocenters. The van der Waals surface area contributed by atoms with Crippen molar-refractivity contribution in [1.29, 1.82) is 0 Å². The second-order valence-electron chi connectivity index (χ2n) is 11.8. The number of hydrogen-bond acceptors (Lipinski definition) is 20. The Kier molecular flexibility index (Phi) is 12.3. The fourth-order valence-corrected chi connectivity index (χ4v) is 5.68. The summed E-state index contributed by atoms with van der Waals surface area (Å²) in [5.74, 6) is -12.2. The van der Waals surface area contributed by atoms with E-state index in [0.717, 1.165) is 66.7 Å². The predicted molar refractivity (Wildman–Crippen MR) is 178 cm³/mol. The molecule has 0 amide bonds. The summed E-state index contributed by atoms with van der Waals surface area (Å²) < 4.78 is 49.3. The van der Waals surface area contributed by atoms with Gasteiger partial charge in [0.2, 0.25) is 11.2 Å². The monoisotopic (exact) mass is 774 g/mol. The number of benzene rings is 2. The van der Waals surface area contributed by atoms with Crippen LogP contribution >= 0.6 is 0 Å². The SMILES string of the molecule is CC(=O)OC[C@H]1O[C@@H](c2c(OC(C)=O)cc3oc(-c4cc(OC(C)=O)c(O)cc4O)c(O)c(=O)c3c2OC(C)=O)[C@H](OC(C)=O)[C@@H](OC(C)=O)[C@@H]1OC(C)=O. The van der Waals surface area contributed by atoms with Crippen LogP contribution in [0.4, 0.5) is 0 Å². The Morgan fingerprint density at radius 3 is 1.73 bits per heavy atom. The smallest absolute Gasteiger partial charge is 0.308 e. The van der Waals surface area contributed by atoms with Gasteiger partial charge in [-0.15, -0.1) is 0 Å². The van der Waals surface area contributed by atoms with Crippen molar-refractivity contribution in [3.8, 4) is 45.8 Å². The van der Waals surface area contributed by atoms with Crippen molar-refractivity contribution in [2.24, 2.45) is 0 Å². The summed E-state index contributed by atoms with van der Waals surface area (Å²) in [4.78, 5) is 100.0. The lowest BCUT2D eigenvalue weighted by molar-refractivity contribution is -0.254. The van der Waals surface area contributed by atoms with Crippen LogP contribution in [0, 0.1) is 0 Å². The van der Waals surface area contributed by atoms with E-state index in [9.17, 15) is 53.7 Å².